The van der Waals surface area contributed by atoms with Gasteiger partial charge in [-0.1, -0.05) is 36.4 Å². The Morgan fingerprint density at radius 2 is 1.88 bits per heavy atom. The van der Waals surface area contributed by atoms with E-state index >= 15 is 0 Å². The van der Waals surface area contributed by atoms with E-state index in [2.05, 4.69) is 20.3 Å². The third-order valence-corrected chi connectivity index (χ3v) is 5.72. The molecule has 3 aromatic rings. The average molecular weight is 430 g/mol. The van der Waals surface area contributed by atoms with Gasteiger partial charge in [-0.3, -0.25) is 14.6 Å². The maximum absolute atomic E-state index is 13.0. The highest BCUT2D eigenvalue weighted by atomic mass is 16.2. The molecule has 1 atom stereocenters. The van der Waals surface area contributed by atoms with Crippen molar-refractivity contribution < 1.29 is 9.59 Å². The zero-order valence-corrected chi connectivity index (χ0v) is 18.2. The molecule has 7 heteroatoms. The van der Waals surface area contributed by atoms with Crippen molar-refractivity contribution in [3.63, 3.8) is 0 Å². The quantitative estimate of drug-likeness (QED) is 0.649. The summed E-state index contributed by atoms with van der Waals surface area (Å²) < 4.78 is 0. The predicted octanol–water partition coefficient (Wildman–Crippen LogP) is 3.41. The number of hydrogen-bond acceptors (Lipinski definition) is 5. The predicted molar refractivity (Wildman–Crippen MR) is 121 cm³/mol. The van der Waals surface area contributed by atoms with Gasteiger partial charge in [-0.2, -0.15) is 0 Å². The smallest absolute Gasteiger partial charge is 0.254 e. The third-order valence-electron chi connectivity index (χ3n) is 5.72. The van der Waals surface area contributed by atoms with Crippen molar-refractivity contribution in [1.82, 2.24) is 25.2 Å². The van der Waals surface area contributed by atoms with E-state index in [-0.39, 0.29) is 24.3 Å². The molecule has 1 fully saturated rings. The van der Waals surface area contributed by atoms with Crippen LogP contribution in [0, 0.1) is 6.92 Å². The van der Waals surface area contributed by atoms with E-state index in [0.29, 0.717) is 30.2 Å². The molecule has 0 aliphatic carbocycles. The van der Waals surface area contributed by atoms with Crippen molar-refractivity contribution in [3.05, 3.63) is 89.3 Å². The Hall–Kier alpha value is -3.61. The molecule has 0 radical (unpaired) electrons. The lowest BCUT2D eigenvalue weighted by Crippen LogP contribution is -2.40. The Bertz CT molecular complexity index is 1070. The standard InChI is InChI=1S/C25H27N5O2/c1-18-21(25(32)28-16-19-9-3-2-4-10-19)17-27-24(29-18)22-12-6-8-14-30(22)23(31)15-20-11-5-7-13-26-20/h2-5,7,9-11,13,17,22H,6,8,12,14-16H2,1H3,(H,28,32). The lowest BCUT2D eigenvalue weighted by molar-refractivity contribution is -0.134. The fourth-order valence-electron chi connectivity index (χ4n) is 4.00. The molecule has 32 heavy (non-hydrogen) atoms. The molecule has 0 saturated carbocycles. The zero-order valence-electron chi connectivity index (χ0n) is 18.2. The molecule has 1 aliphatic heterocycles. The van der Waals surface area contributed by atoms with Crippen LogP contribution in [0.5, 0.6) is 0 Å². The highest BCUT2D eigenvalue weighted by Gasteiger charge is 2.30. The summed E-state index contributed by atoms with van der Waals surface area (Å²) in [4.78, 5) is 40.9. The monoisotopic (exact) mass is 429 g/mol. The first-order valence-corrected chi connectivity index (χ1v) is 11.0. The topological polar surface area (TPSA) is 88.1 Å². The Morgan fingerprint density at radius 3 is 2.62 bits per heavy atom. The fraction of sp³-hybridized carbons (Fsp3) is 0.320. The highest BCUT2D eigenvalue weighted by molar-refractivity contribution is 5.94. The van der Waals surface area contributed by atoms with Crippen LogP contribution in [0.4, 0.5) is 0 Å². The van der Waals surface area contributed by atoms with Crippen molar-refractivity contribution in [1.29, 1.82) is 0 Å². The summed E-state index contributed by atoms with van der Waals surface area (Å²) in [5.74, 6) is 0.417. The Kier molecular flexibility index (Phi) is 6.84. The molecule has 0 spiro atoms. The van der Waals surface area contributed by atoms with Crippen LogP contribution >= 0.6 is 0 Å². The summed E-state index contributed by atoms with van der Waals surface area (Å²) in [5.41, 5.74) is 2.85. The molecule has 3 heterocycles. The minimum Gasteiger partial charge on any atom is -0.348 e. The largest absolute Gasteiger partial charge is 0.348 e. The van der Waals surface area contributed by atoms with Crippen molar-refractivity contribution in [2.75, 3.05) is 6.54 Å². The van der Waals surface area contributed by atoms with Crippen LogP contribution in [-0.4, -0.2) is 38.2 Å². The van der Waals surface area contributed by atoms with Crippen molar-refractivity contribution >= 4 is 11.8 Å². The summed E-state index contributed by atoms with van der Waals surface area (Å²) in [6.07, 6.45) is 6.32. The third kappa shape index (κ3) is 5.17. The van der Waals surface area contributed by atoms with E-state index in [0.717, 1.165) is 30.5 Å². The minimum absolute atomic E-state index is 0.0272. The molecule has 1 aliphatic rings. The zero-order chi connectivity index (χ0) is 22.3. The van der Waals surface area contributed by atoms with Gasteiger partial charge in [0.15, 0.2) is 5.82 Å². The first-order chi connectivity index (χ1) is 15.6. The van der Waals surface area contributed by atoms with E-state index in [4.69, 9.17) is 0 Å². The number of amides is 2. The fourth-order valence-corrected chi connectivity index (χ4v) is 4.00. The van der Waals surface area contributed by atoms with Gasteiger partial charge in [0, 0.05) is 31.2 Å². The second-order valence-electron chi connectivity index (χ2n) is 7.99. The normalized spacial score (nSPS) is 15.9. The molecule has 1 aromatic carbocycles. The molecule has 7 nitrogen and oxygen atoms in total. The second-order valence-corrected chi connectivity index (χ2v) is 7.99. The number of nitrogens with one attached hydrogen (secondary N) is 1. The maximum Gasteiger partial charge on any atom is 0.254 e. The second kappa shape index (κ2) is 10.1. The van der Waals surface area contributed by atoms with Gasteiger partial charge in [0.2, 0.25) is 5.91 Å². The molecule has 1 N–H and O–H groups in total. The van der Waals surface area contributed by atoms with Crippen molar-refractivity contribution in [3.8, 4) is 0 Å². The number of nitrogens with zero attached hydrogens (tertiary/aromatic N) is 4. The summed E-state index contributed by atoms with van der Waals surface area (Å²) >= 11 is 0. The van der Waals surface area contributed by atoms with Crippen LogP contribution in [0.2, 0.25) is 0 Å². The van der Waals surface area contributed by atoms with Crippen molar-refractivity contribution in [2.45, 2.75) is 45.2 Å². The SMILES string of the molecule is Cc1nc(C2CCCCN2C(=O)Cc2ccccn2)ncc1C(=O)NCc1ccccc1. The van der Waals surface area contributed by atoms with Crippen LogP contribution in [0.25, 0.3) is 0 Å². The van der Waals surface area contributed by atoms with Gasteiger partial charge in [0.25, 0.3) is 5.91 Å². The molecule has 1 saturated heterocycles. The van der Waals surface area contributed by atoms with Crippen LogP contribution in [0.3, 0.4) is 0 Å². The molecule has 1 unspecified atom stereocenters. The van der Waals surface area contributed by atoms with E-state index < -0.39 is 0 Å². The van der Waals surface area contributed by atoms with Gasteiger partial charge in [-0.25, -0.2) is 9.97 Å². The van der Waals surface area contributed by atoms with Gasteiger partial charge in [-0.15, -0.1) is 0 Å². The van der Waals surface area contributed by atoms with Crippen LogP contribution < -0.4 is 5.32 Å². The molecular weight excluding hydrogens is 402 g/mol. The number of aromatic nitrogens is 3. The van der Waals surface area contributed by atoms with Gasteiger partial charge in [0.1, 0.15) is 0 Å². The van der Waals surface area contributed by atoms with E-state index in [1.54, 1.807) is 12.4 Å². The van der Waals surface area contributed by atoms with E-state index in [1.807, 2.05) is 60.4 Å². The number of piperidine rings is 1. The Morgan fingerprint density at radius 1 is 1.06 bits per heavy atom. The number of aryl methyl sites for hydroxylation is 1. The summed E-state index contributed by atoms with van der Waals surface area (Å²) in [7, 11) is 0. The van der Waals surface area contributed by atoms with Crippen LogP contribution in [0.1, 0.15) is 58.4 Å². The van der Waals surface area contributed by atoms with Gasteiger partial charge in [-0.05, 0) is 43.9 Å². The number of benzene rings is 1. The molecular formula is C25H27N5O2. The highest BCUT2D eigenvalue weighted by Crippen LogP contribution is 2.29. The number of pyridine rings is 1. The Balaban J connectivity index is 1.46. The first kappa shape index (κ1) is 21.6. The molecule has 0 bridgehead atoms. The maximum atomic E-state index is 13.0. The summed E-state index contributed by atoms with van der Waals surface area (Å²) in [5, 5.41) is 2.92. The van der Waals surface area contributed by atoms with E-state index in [1.165, 1.54) is 0 Å². The number of carbonyl (C=O) groups is 2. The van der Waals surface area contributed by atoms with Gasteiger partial charge >= 0.3 is 0 Å². The van der Waals surface area contributed by atoms with Gasteiger partial charge < -0.3 is 10.2 Å². The lowest BCUT2D eigenvalue weighted by Gasteiger charge is -2.35. The lowest BCUT2D eigenvalue weighted by atomic mass is 10.00. The Labute approximate surface area is 187 Å². The molecule has 4 rings (SSSR count). The van der Waals surface area contributed by atoms with Crippen LogP contribution in [0.15, 0.2) is 60.9 Å². The molecule has 164 valence electrons. The van der Waals surface area contributed by atoms with Crippen molar-refractivity contribution in [2.24, 2.45) is 0 Å². The number of likely N-dealkylation sites (tertiary alicyclic amines) is 1. The number of carbonyl (C=O) groups excluding carboxylic acids is 2. The molecule has 2 aromatic heterocycles. The minimum atomic E-state index is -0.204. The molecule has 2 amide bonds. The summed E-state index contributed by atoms with van der Waals surface area (Å²) in [6, 6.07) is 15.2. The first-order valence-electron chi connectivity index (χ1n) is 11.0. The van der Waals surface area contributed by atoms with E-state index in [9.17, 15) is 9.59 Å². The van der Waals surface area contributed by atoms with Gasteiger partial charge in [0.05, 0.1) is 23.7 Å². The van der Waals surface area contributed by atoms with Crippen LogP contribution in [-0.2, 0) is 17.8 Å². The average Bonchev–Trinajstić information content (AvgIpc) is 2.84. The number of rotatable bonds is 6. The summed E-state index contributed by atoms with van der Waals surface area (Å²) in [6.45, 7) is 2.93. The number of hydrogen-bond donors (Lipinski definition) is 1.